The number of rotatable bonds is 5. The lowest BCUT2D eigenvalue weighted by molar-refractivity contribution is 0.0311. The lowest BCUT2D eigenvalue weighted by Gasteiger charge is -2.35. The van der Waals surface area contributed by atoms with Crippen LogP contribution in [-0.4, -0.2) is 35.7 Å². The van der Waals surface area contributed by atoms with E-state index in [-0.39, 0.29) is 12.1 Å². The quantitative estimate of drug-likeness (QED) is 0.869. The summed E-state index contributed by atoms with van der Waals surface area (Å²) in [7, 11) is 2.11. The maximum Gasteiger partial charge on any atom is 0.0695 e. The van der Waals surface area contributed by atoms with E-state index in [4.69, 9.17) is 5.73 Å². The van der Waals surface area contributed by atoms with Crippen LogP contribution in [0.15, 0.2) is 24.3 Å². The van der Waals surface area contributed by atoms with Crippen molar-refractivity contribution in [2.24, 2.45) is 5.73 Å². The standard InChI is InChI=1S/C17H28N2O/c1-13-7-9-14(10-8-13)15(18)11-12-19(2)16-5-3-4-6-17(16)20/h7-10,15-17,20H,3-6,11-12,18H2,1-2H3. The van der Waals surface area contributed by atoms with Crippen LogP contribution in [0.5, 0.6) is 0 Å². The minimum atomic E-state index is -0.163. The van der Waals surface area contributed by atoms with Gasteiger partial charge in [0.05, 0.1) is 6.10 Å². The zero-order valence-electron chi connectivity index (χ0n) is 12.8. The van der Waals surface area contributed by atoms with E-state index in [1.807, 2.05) is 0 Å². The molecule has 1 aromatic carbocycles. The molecule has 1 aromatic rings. The van der Waals surface area contributed by atoms with Gasteiger partial charge in [-0.1, -0.05) is 42.7 Å². The van der Waals surface area contributed by atoms with Crippen molar-refractivity contribution in [1.82, 2.24) is 4.90 Å². The highest BCUT2D eigenvalue weighted by Gasteiger charge is 2.26. The van der Waals surface area contributed by atoms with Gasteiger partial charge in [-0.25, -0.2) is 0 Å². The van der Waals surface area contributed by atoms with E-state index in [0.29, 0.717) is 6.04 Å². The predicted octanol–water partition coefficient (Wildman–Crippen LogP) is 2.62. The highest BCUT2D eigenvalue weighted by molar-refractivity contribution is 5.23. The first-order valence-electron chi connectivity index (χ1n) is 7.78. The molecule has 0 aromatic heterocycles. The van der Waals surface area contributed by atoms with Crippen LogP contribution in [0.2, 0.25) is 0 Å². The van der Waals surface area contributed by atoms with Crippen molar-refractivity contribution in [1.29, 1.82) is 0 Å². The smallest absolute Gasteiger partial charge is 0.0695 e. The summed E-state index contributed by atoms with van der Waals surface area (Å²) in [5, 5.41) is 10.1. The molecule has 3 atom stereocenters. The van der Waals surface area contributed by atoms with Gasteiger partial charge in [-0.2, -0.15) is 0 Å². The first-order valence-corrected chi connectivity index (χ1v) is 7.78. The number of hydrogen-bond donors (Lipinski definition) is 2. The molecule has 0 saturated heterocycles. The summed E-state index contributed by atoms with van der Waals surface area (Å²) in [6.07, 6.45) is 5.22. The van der Waals surface area contributed by atoms with Gasteiger partial charge in [0.2, 0.25) is 0 Å². The van der Waals surface area contributed by atoms with Crippen LogP contribution in [0.25, 0.3) is 0 Å². The molecule has 0 heterocycles. The van der Waals surface area contributed by atoms with Crippen LogP contribution in [0, 0.1) is 6.92 Å². The monoisotopic (exact) mass is 276 g/mol. The molecular weight excluding hydrogens is 248 g/mol. The first-order chi connectivity index (χ1) is 9.58. The van der Waals surface area contributed by atoms with Gasteiger partial charge < -0.3 is 15.7 Å². The number of nitrogens with zero attached hydrogens (tertiary/aromatic N) is 1. The molecule has 3 N–H and O–H groups in total. The van der Waals surface area contributed by atoms with Gasteiger partial charge in [-0.05, 0) is 38.8 Å². The minimum Gasteiger partial charge on any atom is -0.391 e. The maximum atomic E-state index is 10.1. The van der Waals surface area contributed by atoms with Crippen molar-refractivity contribution < 1.29 is 5.11 Å². The molecule has 0 radical (unpaired) electrons. The Bertz CT molecular complexity index is 404. The van der Waals surface area contributed by atoms with Crippen molar-refractivity contribution in [3.63, 3.8) is 0 Å². The molecule has 3 nitrogen and oxygen atoms in total. The highest BCUT2D eigenvalue weighted by atomic mass is 16.3. The zero-order valence-corrected chi connectivity index (χ0v) is 12.8. The fourth-order valence-electron chi connectivity index (χ4n) is 3.09. The van der Waals surface area contributed by atoms with E-state index in [1.165, 1.54) is 17.5 Å². The summed E-state index contributed by atoms with van der Waals surface area (Å²) in [6, 6.07) is 8.87. The van der Waals surface area contributed by atoms with Crippen molar-refractivity contribution in [2.45, 2.75) is 57.2 Å². The Morgan fingerprint density at radius 1 is 1.25 bits per heavy atom. The second-order valence-electron chi connectivity index (χ2n) is 6.21. The zero-order chi connectivity index (χ0) is 14.5. The lowest BCUT2D eigenvalue weighted by Crippen LogP contribution is -2.44. The second kappa shape index (κ2) is 7.21. The number of benzene rings is 1. The van der Waals surface area contributed by atoms with Crippen LogP contribution in [0.1, 0.15) is 49.3 Å². The summed E-state index contributed by atoms with van der Waals surface area (Å²) >= 11 is 0. The topological polar surface area (TPSA) is 49.5 Å². The van der Waals surface area contributed by atoms with Gasteiger partial charge >= 0.3 is 0 Å². The van der Waals surface area contributed by atoms with Crippen LogP contribution in [0.3, 0.4) is 0 Å². The molecule has 1 saturated carbocycles. The number of hydrogen-bond acceptors (Lipinski definition) is 3. The molecule has 1 aliphatic rings. The number of aryl methyl sites for hydroxylation is 1. The number of nitrogens with two attached hydrogens (primary N) is 1. The Hall–Kier alpha value is -0.900. The molecule has 3 unspecified atom stereocenters. The van der Waals surface area contributed by atoms with E-state index >= 15 is 0 Å². The van der Waals surface area contributed by atoms with Gasteiger partial charge in [-0.3, -0.25) is 0 Å². The fourth-order valence-corrected chi connectivity index (χ4v) is 3.09. The first kappa shape index (κ1) is 15.5. The molecule has 112 valence electrons. The molecule has 0 aliphatic heterocycles. The molecule has 1 fully saturated rings. The van der Waals surface area contributed by atoms with E-state index in [0.717, 1.165) is 32.2 Å². The molecule has 1 aliphatic carbocycles. The lowest BCUT2D eigenvalue weighted by atomic mass is 9.91. The third kappa shape index (κ3) is 4.05. The largest absolute Gasteiger partial charge is 0.391 e. The normalized spacial score (nSPS) is 24.9. The van der Waals surface area contributed by atoms with E-state index in [1.54, 1.807) is 0 Å². The SMILES string of the molecule is Cc1ccc(C(N)CCN(C)C2CCCCC2O)cc1. The predicted molar refractivity (Wildman–Crippen MR) is 83.6 cm³/mol. The van der Waals surface area contributed by atoms with E-state index in [2.05, 4.69) is 43.1 Å². The third-order valence-electron chi connectivity index (χ3n) is 4.56. The molecule has 3 heteroatoms. The summed E-state index contributed by atoms with van der Waals surface area (Å²) in [6.45, 7) is 3.03. The van der Waals surface area contributed by atoms with Crippen molar-refractivity contribution in [3.05, 3.63) is 35.4 Å². The number of likely N-dealkylation sites (N-methyl/N-ethyl adjacent to an activating group) is 1. The molecule has 0 bridgehead atoms. The molecule has 0 amide bonds. The number of aliphatic hydroxyl groups excluding tert-OH is 1. The average Bonchev–Trinajstić information content (AvgIpc) is 2.45. The Morgan fingerprint density at radius 2 is 1.90 bits per heavy atom. The Morgan fingerprint density at radius 3 is 2.55 bits per heavy atom. The van der Waals surface area contributed by atoms with Crippen LogP contribution < -0.4 is 5.73 Å². The van der Waals surface area contributed by atoms with Gasteiger partial charge in [-0.15, -0.1) is 0 Å². The maximum absolute atomic E-state index is 10.1. The van der Waals surface area contributed by atoms with Crippen LogP contribution >= 0.6 is 0 Å². The average molecular weight is 276 g/mol. The molecule has 20 heavy (non-hydrogen) atoms. The van der Waals surface area contributed by atoms with Crippen molar-refractivity contribution in [3.8, 4) is 0 Å². The fraction of sp³-hybridized carbons (Fsp3) is 0.647. The third-order valence-corrected chi connectivity index (χ3v) is 4.56. The summed E-state index contributed by atoms with van der Waals surface area (Å²) in [5.74, 6) is 0. The van der Waals surface area contributed by atoms with Crippen molar-refractivity contribution in [2.75, 3.05) is 13.6 Å². The van der Waals surface area contributed by atoms with Crippen LogP contribution in [0.4, 0.5) is 0 Å². The summed E-state index contributed by atoms with van der Waals surface area (Å²) in [4.78, 5) is 2.29. The van der Waals surface area contributed by atoms with Crippen LogP contribution in [-0.2, 0) is 0 Å². The summed E-state index contributed by atoms with van der Waals surface area (Å²) in [5.41, 5.74) is 8.74. The minimum absolute atomic E-state index is 0.0822. The Labute approximate surface area is 122 Å². The van der Waals surface area contributed by atoms with Gasteiger partial charge in [0, 0.05) is 18.6 Å². The van der Waals surface area contributed by atoms with Gasteiger partial charge in [0.1, 0.15) is 0 Å². The Balaban J connectivity index is 1.83. The van der Waals surface area contributed by atoms with Gasteiger partial charge in [0.25, 0.3) is 0 Å². The molecular formula is C17H28N2O. The molecule has 2 rings (SSSR count). The Kier molecular flexibility index (Phi) is 5.58. The summed E-state index contributed by atoms with van der Waals surface area (Å²) < 4.78 is 0. The highest BCUT2D eigenvalue weighted by Crippen LogP contribution is 2.23. The van der Waals surface area contributed by atoms with Crippen molar-refractivity contribution >= 4 is 0 Å². The molecule has 0 spiro atoms. The van der Waals surface area contributed by atoms with E-state index in [9.17, 15) is 5.11 Å². The van der Waals surface area contributed by atoms with Gasteiger partial charge in [0.15, 0.2) is 0 Å². The number of aliphatic hydroxyl groups is 1. The van der Waals surface area contributed by atoms with E-state index < -0.39 is 0 Å². The second-order valence-corrected chi connectivity index (χ2v) is 6.21.